The molecule has 4 aliphatic heterocycles. The Hall–Kier alpha value is -2.38. The second kappa shape index (κ2) is 17.0. The van der Waals surface area contributed by atoms with Crippen molar-refractivity contribution < 1.29 is 23.8 Å². The third kappa shape index (κ3) is 10.7. The summed E-state index contributed by atoms with van der Waals surface area (Å²) in [6.07, 6.45) is 26.1. The molecule has 0 aromatic heterocycles. The smallest absolute Gasteiger partial charge is 0.317 e. The lowest BCUT2D eigenvalue weighted by molar-refractivity contribution is -0.154. The van der Waals surface area contributed by atoms with Gasteiger partial charge in [-0.15, -0.1) is 0 Å². The van der Waals surface area contributed by atoms with Crippen LogP contribution in [0.2, 0.25) is 0 Å². The number of esters is 1. The van der Waals surface area contributed by atoms with E-state index in [1.807, 2.05) is 29.2 Å². The quantitative estimate of drug-likeness (QED) is 0.163. The molecule has 4 heterocycles. The number of nitrogens with one attached hydrogen (secondary N) is 1. The van der Waals surface area contributed by atoms with Crippen LogP contribution in [-0.4, -0.2) is 67.1 Å². The van der Waals surface area contributed by atoms with E-state index >= 15 is 0 Å². The average molecular weight is 583 g/mol. The van der Waals surface area contributed by atoms with E-state index in [0.29, 0.717) is 12.5 Å². The highest BCUT2D eigenvalue weighted by Gasteiger charge is 2.32. The van der Waals surface area contributed by atoms with Crippen molar-refractivity contribution in [2.24, 2.45) is 11.8 Å². The molecule has 0 aliphatic carbocycles. The Kier molecular flexibility index (Phi) is 13.2. The van der Waals surface area contributed by atoms with Crippen molar-refractivity contribution in [3.05, 3.63) is 48.1 Å². The molecule has 0 radical (unpaired) electrons. The Bertz CT molecular complexity index is 982. The summed E-state index contributed by atoms with van der Waals surface area (Å²) in [7, 11) is 0. The Morgan fingerprint density at radius 3 is 2.45 bits per heavy atom. The third-order valence-electron chi connectivity index (χ3n) is 9.07. The molecule has 0 saturated carbocycles. The summed E-state index contributed by atoms with van der Waals surface area (Å²) in [4.78, 5) is 27.3. The third-order valence-corrected chi connectivity index (χ3v) is 9.07. The van der Waals surface area contributed by atoms with E-state index in [-0.39, 0.29) is 54.9 Å². The molecule has 0 aromatic carbocycles. The lowest BCUT2D eigenvalue weighted by atomic mass is 9.90. The second-order valence-corrected chi connectivity index (χ2v) is 12.8. The highest BCUT2D eigenvalue weighted by molar-refractivity contribution is 5.74. The Morgan fingerprint density at radius 1 is 0.929 bits per heavy atom. The first-order valence-electron chi connectivity index (χ1n) is 16.6. The van der Waals surface area contributed by atoms with Gasteiger partial charge in [0.2, 0.25) is 0 Å². The number of ether oxygens (including phenoxy) is 3. The molecule has 4 bridgehead atoms. The number of allylic oxidation sites excluding steroid dienone is 4. The lowest BCUT2D eigenvalue weighted by Gasteiger charge is -2.37. The lowest BCUT2D eigenvalue weighted by Crippen LogP contribution is -2.42. The maximum Gasteiger partial charge on any atom is 0.317 e. The van der Waals surface area contributed by atoms with E-state index in [1.54, 1.807) is 0 Å². The minimum atomic E-state index is -0.367. The fourth-order valence-corrected chi connectivity index (χ4v) is 6.65. The van der Waals surface area contributed by atoms with Crippen LogP contribution >= 0.6 is 0 Å². The van der Waals surface area contributed by atoms with Crippen molar-refractivity contribution in [1.29, 1.82) is 0 Å². The number of cyclic esters (lactones) is 1. The number of rotatable bonds is 5. The number of carbonyl (C=O) groups is 2. The summed E-state index contributed by atoms with van der Waals surface area (Å²) in [5, 5.41) is 3.01. The van der Waals surface area contributed by atoms with Crippen LogP contribution in [0.15, 0.2) is 48.1 Å². The molecule has 7 nitrogen and oxygen atoms in total. The van der Waals surface area contributed by atoms with Gasteiger partial charge in [-0.2, -0.15) is 0 Å². The number of carbonyl (C=O) groups excluding carboxylic acids is 2. The van der Waals surface area contributed by atoms with Crippen LogP contribution in [0.1, 0.15) is 97.8 Å². The van der Waals surface area contributed by atoms with Gasteiger partial charge in [-0.3, -0.25) is 4.79 Å². The largest absolute Gasteiger partial charge is 0.457 e. The molecule has 7 unspecified atom stereocenters. The molecule has 42 heavy (non-hydrogen) atoms. The molecule has 0 spiro atoms. The zero-order chi connectivity index (χ0) is 29.7. The van der Waals surface area contributed by atoms with Gasteiger partial charge in [-0.25, -0.2) is 4.79 Å². The predicted octanol–water partition coefficient (Wildman–Crippen LogP) is 7.04. The molecule has 4 rings (SSSR count). The number of hydrogen-bond donors (Lipinski definition) is 1. The number of amides is 2. The van der Waals surface area contributed by atoms with E-state index < -0.39 is 0 Å². The van der Waals surface area contributed by atoms with Gasteiger partial charge in [-0.05, 0) is 83.1 Å². The van der Waals surface area contributed by atoms with Crippen molar-refractivity contribution in [3.8, 4) is 0 Å². The zero-order valence-corrected chi connectivity index (χ0v) is 26.2. The molecule has 7 atom stereocenters. The summed E-state index contributed by atoms with van der Waals surface area (Å²) >= 11 is 0. The van der Waals surface area contributed by atoms with Crippen molar-refractivity contribution in [2.45, 2.75) is 128 Å². The summed E-state index contributed by atoms with van der Waals surface area (Å²) in [5.41, 5.74) is 1.36. The van der Waals surface area contributed by atoms with Gasteiger partial charge >= 0.3 is 12.0 Å². The van der Waals surface area contributed by atoms with Gasteiger partial charge < -0.3 is 24.4 Å². The number of piperidine rings is 1. The van der Waals surface area contributed by atoms with Crippen LogP contribution < -0.4 is 5.32 Å². The fourth-order valence-electron chi connectivity index (χ4n) is 6.65. The Balaban J connectivity index is 1.37. The molecule has 1 N–H and O–H groups in total. The van der Waals surface area contributed by atoms with Crippen molar-refractivity contribution in [2.75, 3.05) is 19.6 Å². The summed E-state index contributed by atoms with van der Waals surface area (Å²) < 4.78 is 19.1. The van der Waals surface area contributed by atoms with E-state index in [0.717, 1.165) is 70.9 Å². The van der Waals surface area contributed by atoms with Crippen LogP contribution in [-0.2, 0) is 19.0 Å². The molecule has 4 aliphatic rings. The highest BCUT2D eigenvalue weighted by Crippen LogP contribution is 2.33. The predicted molar refractivity (Wildman–Crippen MR) is 167 cm³/mol. The number of hydrogen-bond acceptors (Lipinski definition) is 5. The minimum absolute atomic E-state index is 0.0314. The summed E-state index contributed by atoms with van der Waals surface area (Å²) in [5.74, 6) is 0.197. The topological polar surface area (TPSA) is 77.1 Å². The minimum Gasteiger partial charge on any atom is -0.457 e. The van der Waals surface area contributed by atoms with Gasteiger partial charge in [0.05, 0.1) is 30.8 Å². The van der Waals surface area contributed by atoms with Crippen molar-refractivity contribution >= 4 is 12.0 Å². The number of urea groups is 1. The first kappa shape index (κ1) is 32.5. The van der Waals surface area contributed by atoms with Gasteiger partial charge in [0.25, 0.3) is 0 Å². The van der Waals surface area contributed by atoms with E-state index in [9.17, 15) is 9.59 Å². The maximum atomic E-state index is 13.2. The first-order chi connectivity index (χ1) is 20.4. The zero-order valence-electron chi connectivity index (χ0n) is 26.2. The number of nitrogens with zero attached hydrogens (tertiary/aromatic N) is 1. The van der Waals surface area contributed by atoms with Gasteiger partial charge in [-0.1, -0.05) is 55.9 Å². The van der Waals surface area contributed by atoms with Crippen molar-refractivity contribution in [3.63, 3.8) is 0 Å². The number of fused-ring (bicyclic) bond motifs is 4. The molecular formula is C35H54N2O5. The molecule has 7 heteroatoms. The Morgan fingerprint density at radius 2 is 1.67 bits per heavy atom. The van der Waals surface area contributed by atoms with Gasteiger partial charge in [0, 0.05) is 32.0 Å². The van der Waals surface area contributed by atoms with E-state index in [1.165, 1.54) is 18.4 Å². The number of likely N-dealkylation sites (tertiary alicyclic amines) is 1. The standard InChI is InChI=1S/C35H54N2O5/c1-4-28-22-31-24-30-14-12-13-29(40-30)21-26(2)16-17-27(3)33(42-34(38)25-32(23-28)41-31)15-8-5-6-9-18-36-35(39)37-19-10-7-11-20-37/h4-6,8,15-17,26-27,29-33H,7,9-14,18-25H2,1-3H3,(H,36,39)/b6-5-,15-8+,17-16+,28-4-. The molecule has 2 amide bonds. The Labute approximate surface area is 253 Å². The maximum absolute atomic E-state index is 13.2. The van der Waals surface area contributed by atoms with Gasteiger partial charge in [0.1, 0.15) is 6.10 Å². The monoisotopic (exact) mass is 582 g/mol. The SMILES string of the molecule is C/C=C1\CC2CC(=O)OC(/C=C/C=C\CCNC(=O)N3CCCCC3)C(C)/C=C/C(C)CC3CCCC(CC(C1)O2)O3. The van der Waals surface area contributed by atoms with E-state index in [4.69, 9.17) is 14.2 Å². The summed E-state index contributed by atoms with van der Waals surface area (Å²) in [6, 6.07) is 0.0381. The molecule has 3 saturated heterocycles. The highest BCUT2D eigenvalue weighted by atomic mass is 16.5. The second-order valence-electron chi connectivity index (χ2n) is 12.8. The summed E-state index contributed by atoms with van der Waals surface area (Å²) in [6.45, 7) is 8.75. The molecule has 234 valence electrons. The first-order valence-corrected chi connectivity index (χ1v) is 16.6. The molecule has 3 fully saturated rings. The molecular weight excluding hydrogens is 528 g/mol. The van der Waals surface area contributed by atoms with Crippen LogP contribution in [0, 0.1) is 11.8 Å². The fraction of sp³-hybridized carbons (Fsp3) is 0.714. The van der Waals surface area contributed by atoms with Crippen LogP contribution in [0.5, 0.6) is 0 Å². The molecule has 0 aromatic rings. The van der Waals surface area contributed by atoms with Crippen LogP contribution in [0.25, 0.3) is 0 Å². The van der Waals surface area contributed by atoms with Crippen LogP contribution in [0.4, 0.5) is 4.79 Å². The van der Waals surface area contributed by atoms with Gasteiger partial charge in [0.15, 0.2) is 0 Å². The van der Waals surface area contributed by atoms with E-state index in [2.05, 4.69) is 44.3 Å². The normalized spacial score (nSPS) is 35.3. The average Bonchev–Trinajstić information content (AvgIpc) is 2.98. The van der Waals surface area contributed by atoms with Crippen LogP contribution in [0.3, 0.4) is 0 Å². The van der Waals surface area contributed by atoms with Crippen molar-refractivity contribution in [1.82, 2.24) is 10.2 Å².